The summed E-state index contributed by atoms with van der Waals surface area (Å²) in [4.78, 5) is 37.8. The van der Waals surface area contributed by atoms with Gasteiger partial charge in [-0.2, -0.15) is 13.2 Å². The predicted octanol–water partition coefficient (Wildman–Crippen LogP) is 4.55. The Morgan fingerprint density at radius 1 is 1.13 bits per heavy atom. The lowest BCUT2D eigenvalue weighted by Crippen LogP contribution is -2.28. The van der Waals surface area contributed by atoms with Gasteiger partial charge in [-0.05, 0) is 24.3 Å². The summed E-state index contributed by atoms with van der Waals surface area (Å²) in [6.45, 7) is -0.829. The Hall–Kier alpha value is -2.78. The molecule has 0 aliphatic carbocycles. The van der Waals surface area contributed by atoms with Crippen molar-refractivity contribution in [1.29, 1.82) is 0 Å². The number of anilines is 2. The van der Waals surface area contributed by atoms with Crippen LogP contribution in [0.15, 0.2) is 42.5 Å². The third-order valence-corrected chi connectivity index (χ3v) is 5.34. The maximum Gasteiger partial charge on any atom is 0.418 e. The van der Waals surface area contributed by atoms with Crippen LogP contribution < -0.4 is 10.2 Å². The molecular weight excluding hydrogens is 460 g/mol. The van der Waals surface area contributed by atoms with E-state index in [4.69, 9.17) is 27.9 Å². The first-order chi connectivity index (χ1) is 14.6. The van der Waals surface area contributed by atoms with Crippen LogP contribution in [0.25, 0.3) is 0 Å². The van der Waals surface area contributed by atoms with Gasteiger partial charge in [0.05, 0.1) is 32.9 Å². The van der Waals surface area contributed by atoms with Crippen LogP contribution >= 0.6 is 23.2 Å². The summed E-state index contributed by atoms with van der Waals surface area (Å²) in [5.74, 6) is -3.01. The highest BCUT2D eigenvalue weighted by atomic mass is 35.5. The minimum absolute atomic E-state index is 0.0315. The molecule has 1 saturated heterocycles. The van der Waals surface area contributed by atoms with Gasteiger partial charge in [-0.25, -0.2) is 0 Å². The van der Waals surface area contributed by atoms with Crippen LogP contribution in [0.4, 0.5) is 24.5 Å². The number of para-hydroxylation sites is 1. The number of halogens is 5. The Bertz CT molecular complexity index is 1030. The molecule has 1 aliphatic rings. The summed E-state index contributed by atoms with van der Waals surface area (Å²) in [6.07, 6.45) is -4.82. The first kappa shape index (κ1) is 22.9. The van der Waals surface area contributed by atoms with Crippen molar-refractivity contribution in [2.24, 2.45) is 5.92 Å². The SMILES string of the molecule is O=C(COC(=O)[C@H]1CC(=O)N(c2cccc(Cl)c2Cl)C1)Nc1ccccc1C(F)(F)F. The zero-order valence-electron chi connectivity index (χ0n) is 15.7. The van der Waals surface area contributed by atoms with Crippen molar-refractivity contribution in [3.8, 4) is 0 Å². The summed E-state index contributed by atoms with van der Waals surface area (Å²) < 4.78 is 43.9. The number of nitrogens with zero attached hydrogens (tertiary/aromatic N) is 1. The highest BCUT2D eigenvalue weighted by molar-refractivity contribution is 6.44. The van der Waals surface area contributed by atoms with Crippen LogP contribution in [-0.2, 0) is 25.3 Å². The Morgan fingerprint density at radius 2 is 1.84 bits per heavy atom. The summed E-state index contributed by atoms with van der Waals surface area (Å²) >= 11 is 12.1. The molecule has 3 rings (SSSR count). The zero-order valence-corrected chi connectivity index (χ0v) is 17.2. The summed E-state index contributed by atoms with van der Waals surface area (Å²) in [7, 11) is 0. The van der Waals surface area contributed by atoms with E-state index in [1.54, 1.807) is 18.2 Å². The smallest absolute Gasteiger partial charge is 0.418 e. The van der Waals surface area contributed by atoms with Gasteiger partial charge in [0.25, 0.3) is 5.91 Å². The van der Waals surface area contributed by atoms with Gasteiger partial charge in [0.15, 0.2) is 6.61 Å². The highest BCUT2D eigenvalue weighted by Crippen LogP contribution is 2.36. The van der Waals surface area contributed by atoms with E-state index in [9.17, 15) is 27.6 Å². The fraction of sp³-hybridized carbons (Fsp3) is 0.250. The lowest BCUT2D eigenvalue weighted by atomic mass is 10.1. The lowest BCUT2D eigenvalue weighted by molar-refractivity contribution is -0.151. The summed E-state index contributed by atoms with van der Waals surface area (Å²) in [6, 6.07) is 9.16. The number of ether oxygens (including phenoxy) is 1. The second-order valence-corrected chi connectivity index (χ2v) is 7.46. The molecule has 164 valence electrons. The van der Waals surface area contributed by atoms with Crippen LogP contribution in [0.5, 0.6) is 0 Å². The maximum atomic E-state index is 13.0. The van der Waals surface area contributed by atoms with Crippen molar-refractivity contribution in [3.63, 3.8) is 0 Å². The van der Waals surface area contributed by atoms with Gasteiger partial charge in [0.2, 0.25) is 5.91 Å². The minimum Gasteiger partial charge on any atom is -0.455 e. The van der Waals surface area contributed by atoms with Crippen LogP contribution in [-0.4, -0.2) is 30.9 Å². The molecule has 6 nitrogen and oxygen atoms in total. The van der Waals surface area contributed by atoms with Gasteiger partial charge in [-0.1, -0.05) is 41.4 Å². The summed E-state index contributed by atoms with van der Waals surface area (Å²) in [5, 5.41) is 2.48. The summed E-state index contributed by atoms with van der Waals surface area (Å²) in [5.41, 5.74) is -1.13. The average Bonchev–Trinajstić information content (AvgIpc) is 3.09. The monoisotopic (exact) mass is 474 g/mol. The highest BCUT2D eigenvalue weighted by Gasteiger charge is 2.37. The second kappa shape index (κ2) is 9.15. The fourth-order valence-corrected chi connectivity index (χ4v) is 3.48. The number of esters is 1. The number of carbonyl (C=O) groups excluding carboxylic acids is 3. The normalized spacial score (nSPS) is 16.4. The van der Waals surface area contributed by atoms with Crippen molar-refractivity contribution < 1.29 is 32.3 Å². The van der Waals surface area contributed by atoms with Crippen LogP contribution in [0.3, 0.4) is 0 Å². The van der Waals surface area contributed by atoms with E-state index in [1.807, 2.05) is 0 Å². The van der Waals surface area contributed by atoms with Gasteiger partial charge in [0.1, 0.15) is 0 Å². The zero-order chi connectivity index (χ0) is 22.8. The molecule has 0 saturated carbocycles. The second-order valence-electron chi connectivity index (χ2n) is 6.68. The molecule has 2 aromatic carbocycles. The van der Waals surface area contributed by atoms with E-state index in [-0.39, 0.29) is 28.9 Å². The molecule has 11 heteroatoms. The quantitative estimate of drug-likeness (QED) is 0.645. The Balaban J connectivity index is 1.59. The third-order valence-electron chi connectivity index (χ3n) is 4.53. The maximum absolute atomic E-state index is 13.0. The van der Waals surface area contributed by atoms with Crippen molar-refractivity contribution in [2.45, 2.75) is 12.6 Å². The van der Waals surface area contributed by atoms with Gasteiger partial charge in [0, 0.05) is 13.0 Å². The molecule has 2 amide bonds. The van der Waals surface area contributed by atoms with Gasteiger partial charge >= 0.3 is 12.1 Å². The predicted molar refractivity (Wildman–Crippen MR) is 108 cm³/mol. The fourth-order valence-electron chi connectivity index (χ4n) is 3.08. The lowest BCUT2D eigenvalue weighted by Gasteiger charge is -2.18. The Morgan fingerprint density at radius 3 is 2.55 bits per heavy atom. The molecule has 1 heterocycles. The molecule has 1 fully saturated rings. The molecule has 0 bridgehead atoms. The van der Waals surface area contributed by atoms with E-state index in [0.717, 1.165) is 12.1 Å². The van der Waals surface area contributed by atoms with Gasteiger partial charge < -0.3 is 15.0 Å². The molecule has 2 aromatic rings. The molecule has 1 atom stereocenters. The van der Waals surface area contributed by atoms with Gasteiger partial charge in [-0.15, -0.1) is 0 Å². The van der Waals surface area contributed by atoms with Crippen molar-refractivity contribution >= 4 is 52.4 Å². The topological polar surface area (TPSA) is 75.7 Å². The van der Waals surface area contributed by atoms with Crippen molar-refractivity contribution in [1.82, 2.24) is 0 Å². The van der Waals surface area contributed by atoms with Crippen LogP contribution in [0, 0.1) is 5.92 Å². The number of benzene rings is 2. The number of nitrogens with one attached hydrogen (secondary N) is 1. The number of rotatable bonds is 5. The van der Waals surface area contributed by atoms with E-state index in [0.29, 0.717) is 5.69 Å². The minimum atomic E-state index is -4.66. The molecule has 0 aromatic heterocycles. The molecule has 0 radical (unpaired) electrons. The Labute approximate surface area is 184 Å². The number of hydrogen-bond acceptors (Lipinski definition) is 4. The van der Waals surface area contributed by atoms with E-state index in [2.05, 4.69) is 5.32 Å². The molecule has 1 N–H and O–H groups in total. The first-order valence-electron chi connectivity index (χ1n) is 8.95. The van der Waals surface area contributed by atoms with E-state index >= 15 is 0 Å². The Kier molecular flexibility index (Phi) is 6.76. The number of hydrogen-bond donors (Lipinski definition) is 1. The first-order valence-corrected chi connectivity index (χ1v) is 9.70. The average molecular weight is 475 g/mol. The number of alkyl halides is 3. The van der Waals surface area contributed by atoms with E-state index in [1.165, 1.54) is 17.0 Å². The number of carbonyl (C=O) groups is 3. The van der Waals surface area contributed by atoms with Gasteiger partial charge in [-0.3, -0.25) is 14.4 Å². The van der Waals surface area contributed by atoms with Crippen molar-refractivity contribution in [3.05, 3.63) is 58.1 Å². The molecule has 0 unspecified atom stereocenters. The molecule has 1 aliphatic heterocycles. The standard InChI is InChI=1S/C20H15Cl2F3N2O4/c21-13-5-3-7-15(18(13)22)27-9-11(8-17(27)29)19(30)31-10-16(28)26-14-6-2-1-4-12(14)20(23,24)25/h1-7,11H,8-10H2,(H,26,28)/t11-/m0/s1. The van der Waals surface area contributed by atoms with E-state index < -0.39 is 41.8 Å². The van der Waals surface area contributed by atoms with Crippen LogP contribution in [0.2, 0.25) is 10.0 Å². The van der Waals surface area contributed by atoms with Crippen molar-refractivity contribution in [2.75, 3.05) is 23.4 Å². The number of amides is 2. The largest absolute Gasteiger partial charge is 0.455 e. The van der Waals surface area contributed by atoms with Crippen LogP contribution in [0.1, 0.15) is 12.0 Å². The molecular formula is C20H15Cl2F3N2O4. The third kappa shape index (κ3) is 5.29. The molecule has 0 spiro atoms. The molecule has 31 heavy (non-hydrogen) atoms.